The van der Waals surface area contributed by atoms with Crippen molar-refractivity contribution in [3.8, 4) is 11.1 Å². The van der Waals surface area contributed by atoms with Crippen molar-refractivity contribution in [2.75, 3.05) is 69.4 Å². The molecule has 0 radical (unpaired) electrons. The Hall–Kier alpha value is -4.34. The molecular formula is C45H50ClF3N5O5PS2. The summed E-state index contributed by atoms with van der Waals surface area (Å²) >= 11 is 7.60. The number of halogens is 4. The Morgan fingerprint density at radius 2 is 1.56 bits per heavy atom. The Bertz CT molecular complexity index is 2440. The van der Waals surface area contributed by atoms with Crippen LogP contribution < -0.4 is 20.6 Å². The van der Waals surface area contributed by atoms with Crippen LogP contribution in [0.25, 0.3) is 11.1 Å². The van der Waals surface area contributed by atoms with Gasteiger partial charge in [-0.1, -0.05) is 66.2 Å². The minimum atomic E-state index is -5.96. The Kier molecular flexibility index (Phi) is 15.9. The highest BCUT2D eigenvalue weighted by molar-refractivity contribution is 7.99. The van der Waals surface area contributed by atoms with Crippen molar-refractivity contribution in [3.05, 3.63) is 137 Å². The molecule has 0 spiro atoms. The van der Waals surface area contributed by atoms with Crippen LogP contribution in [0.2, 0.25) is 5.02 Å². The molecule has 0 aliphatic carbocycles. The van der Waals surface area contributed by atoms with Crippen LogP contribution in [0.1, 0.15) is 29.3 Å². The van der Waals surface area contributed by atoms with E-state index in [-0.39, 0.29) is 17.9 Å². The van der Waals surface area contributed by atoms with Gasteiger partial charge in [-0.25, -0.2) is 8.42 Å². The van der Waals surface area contributed by atoms with Gasteiger partial charge >= 0.3 is 13.0 Å². The summed E-state index contributed by atoms with van der Waals surface area (Å²) in [5, 5.41) is 5.69. The van der Waals surface area contributed by atoms with Crippen molar-refractivity contribution in [3.63, 3.8) is 0 Å². The van der Waals surface area contributed by atoms with E-state index in [1.165, 1.54) is 30.3 Å². The lowest BCUT2D eigenvalue weighted by atomic mass is 9.99. The average molecular weight is 928 g/mol. The number of rotatable bonds is 18. The number of anilines is 2. The fourth-order valence-corrected chi connectivity index (χ4v) is 10.9. The molecule has 0 aromatic heterocycles. The molecule has 5 aromatic rings. The van der Waals surface area contributed by atoms with E-state index in [2.05, 4.69) is 32.3 Å². The number of nitrogens with zero attached hydrogens (tertiary/aromatic N) is 3. The van der Waals surface area contributed by atoms with Gasteiger partial charge in [-0.05, 0) is 117 Å². The average Bonchev–Trinajstić information content (AvgIpc) is 3.25. The van der Waals surface area contributed by atoms with Crippen LogP contribution in [-0.2, 0) is 25.5 Å². The number of piperazine rings is 1. The molecule has 330 valence electrons. The minimum Gasteiger partial charge on any atom is -0.380 e. The minimum absolute atomic E-state index is 0.132. The molecule has 1 heterocycles. The molecule has 10 nitrogen and oxygen atoms in total. The first-order valence-electron chi connectivity index (χ1n) is 20.1. The fraction of sp³-hybridized carbons (Fsp3) is 0.311. The van der Waals surface area contributed by atoms with E-state index < -0.39 is 45.0 Å². The summed E-state index contributed by atoms with van der Waals surface area (Å²) in [6.45, 7) is 5.75. The third kappa shape index (κ3) is 12.0. The van der Waals surface area contributed by atoms with Crippen LogP contribution in [-0.4, -0.2) is 94.9 Å². The van der Waals surface area contributed by atoms with Crippen LogP contribution >= 0.6 is 30.9 Å². The van der Waals surface area contributed by atoms with E-state index in [1.807, 2.05) is 85.7 Å². The van der Waals surface area contributed by atoms with Crippen molar-refractivity contribution >= 4 is 63.3 Å². The maximum Gasteiger partial charge on any atom is 0.501 e. The van der Waals surface area contributed by atoms with Crippen LogP contribution in [0.3, 0.4) is 0 Å². The SMILES string of the molecule is CCO[P@](=O)(NC(=O)c1ccc(N2CCN(Cc3ccccc3-c3ccc(Cl)cc3)CC2)cc1)c1ccc(N[C@H](CCN(C)C)CSc2ccccc2)c(S(=O)(=O)C(F)(F)F)c1. The van der Waals surface area contributed by atoms with Crippen LogP contribution in [0.15, 0.2) is 131 Å². The van der Waals surface area contributed by atoms with Crippen molar-refractivity contribution in [2.45, 2.75) is 41.2 Å². The van der Waals surface area contributed by atoms with Gasteiger partial charge in [0.1, 0.15) is 4.90 Å². The number of benzene rings is 5. The second-order valence-corrected chi connectivity index (χ2v) is 20.6. The molecule has 5 aromatic carbocycles. The molecule has 0 unspecified atom stereocenters. The van der Waals surface area contributed by atoms with E-state index in [0.29, 0.717) is 29.8 Å². The Morgan fingerprint density at radius 3 is 2.21 bits per heavy atom. The first-order valence-corrected chi connectivity index (χ1v) is 24.6. The van der Waals surface area contributed by atoms with Gasteiger partial charge in [-0.15, -0.1) is 11.8 Å². The number of sulfone groups is 1. The summed E-state index contributed by atoms with van der Waals surface area (Å²) in [4.78, 5) is 20.0. The number of hydrogen-bond acceptors (Lipinski definition) is 10. The summed E-state index contributed by atoms with van der Waals surface area (Å²) in [6, 6.07) is 34.9. The number of nitrogens with one attached hydrogen (secondary N) is 2. The summed E-state index contributed by atoms with van der Waals surface area (Å²) in [7, 11) is -6.71. The molecular weight excluding hydrogens is 878 g/mol. The number of hydrogen-bond donors (Lipinski definition) is 2. The Labute approximate surface area is 371 Å². The smallest absolute Gasteiger partial charge is 0.380 e. The number of amides is 1. The standard InChI is InChI=1S/C45H50ClF3N5O5PS2/c1-4-59-60(56,39-22-23-42(43(30-39)62(57,58)45(47,48)49)50-37(24-25-52(2)3)32-61-40-11-6-5-7-12-40)51-44(55)34-16-20-38(21-17-34)54-28-26-53(27-29-54)31-35-10-8-9-13-41(35)33-14-18-36(46)19-15-33/h5-23,30,37,50H,4,24-29,31-32H2,1-3H3,(H,51,55,56)/t37-,60+/m1/s1. The van der Waals surface area contributed by atoms with Crippen LogP contribution in [0.5, 0.6) is 0 Å². The normalized spacial score (nSPS) is 15.3. The third-order valence-electron chi connectivity index (χ3n) is 10.4. The molecule has 2 atom stereocenters. The zero-order chi connectivity index (χ0) is 44.5. The molecule has 6 rings (SSSR count). The summed E-state index contributed by atoms with van der Waals surface area (Å²) in [5.41, 5.74) is -1.49. The van der Waals surface area contributed by atoms with Crippen molar-refractivity contribution in [2.24, 2.45) is 0 Å². The van der Waals surface area contributed by atoms with E-state index in [9.17, 15) is 30.9 Å². The highest BCUT2D eigenvalue weighted by atomic mass is 35.5. The van der Waals surface area contributed by atoms with Gasteiger partial charge in [0.2, 0.25) is 0 Å². The summed E-state index contributed by atoms with van der Waals surface area (Å²) in [6.07, 6.45) is 0.476. The van der Waals surface area contributed by atoms with Gasteiger partial charge in [0, 0.05) is 65.7 Å². The molecule has 0 saturated carbocycles. The van der Waals surface area contributed by atoms with E-state index >= 15 is 0 Å². The fourth-order valence-electron chi connectivity index (χ4n) is 7.05. The maximum absolute atomic E-state index is 14.4. The van der Waals surface area contributed by atoms with Gasteiger partial charge in [0.05, 0.1) is 17.6 Å². The number of thioether (sulfide) groups is 1. The van der Waals surface area contributed by atoms with Gasteiger partial charge in [0.15, 0.2) is 0 Å². The van der Waals surface area contributed by atoms with Crippen molar-refractivity contribution in [1.29, 1.82) is 0 Å². The first kappa shape index (κ1) is 47.1. The second kappa shape index (κ2) is 20.9. The first-order chi connectivity index (χ1) is 29.6. The second-order valence-electron chi connectivity index (χ2n) is 15.1. The predicted octanol–water partition coefficient (Wildman–Crippen LogP) is 9.43. The zero-order valence-corrected chi connectivity index (χ0v) is 37.9. The number of carbonyl (C=O) groups is 1. The van der Waals surface area contributed by atoms with Crippen molar-refractivity contribution < 1.29 is 35.5 Å². The molecule has 1 amide bonds. The highest BCUT2D eigenvalue weighted by Gasteiger charge is 2.49. The van der Waals surface area contributed by atoms with E-state index in [4.69, 9.17) is 16.1 Å². The van der Waals surface area contributed by atoms with Gasteiger partial charge in [-0.3, -0.25) is 19.3 Å². The van der Waals surface area contributed by atoms with E-state index in [1.54, 1.807) is 24.3 Å². The Balaban J connectivity index is 1.16. The molecule has 1 saturated heterocycles. The lowest BCUT2D eigenvalue weighted by molar-refractivity contribution is -0.0435. The number of alkyl halides is 3. The quantitative estimate of drug-likeness (QED) is 0.0652. The molecule has 62 heavy (non-hydrogen) atoms. The number of carbonyl (C=O) groups excluding carboxylic acids is 1. The molecule has 1 fully saturated rings. The third-order valence-corrected chi connectivity index (χ3v) is 15.4. The van der Waals surface area contributed by atoms with Gasteiger partial charge < -0.3 is 19.6 Å². The molecule has 1 aliphatic rings. The lowest BCUT2D eigenvalue weighted by Crippen LogP contribution is -2.46. The zero-order valence-electron chi connectivity index (χ0n) is 34.6. The molecule has 1 aliphatic heterocycles. The molecule has 0 bridgehead atoms. The van der Waals surface area contributed by atoms with Crippen molar-refractivity contribution in [1.82, 2.24) is 14.9 Å². The maximum atomic E-state index is 14.4. The molecule has 2 N–H and O–H groups in total. The lowest BCUT2D eigenvalue weighted by Gasteiger charge is -2.36. The monoisotopic (exact) mass is 927 g/mol. The van der Waals surface area contributed by atoms with Gasteiger partial charge in [-0.2, -0.15) is 13.2 Å². The topological polar surface area (TPSA) is 111 Å². The van der Waals surface area contributed by atoms with Gasteiger partial charge in [0.25, 0.3) is 15.7 Å². The predicted molar refractivity (Wildman–Crippen MR) is 245 cm³/mol. The largest absolute Gasteiger partial charge is 0.501 e. The van der Waals surface area contributed by atoms with Crippen LogP contribution in [0, 0.1) is 0 Å². The van der Waals surface area contributed by atoms with E-state index in [0.717, 1.165) is 60.5 Å². The summed E-state index contributed by atoms with van der Waals surface area (Å²) in [5.74, 6) is -0.393. The van der Waals surface area contributed by atoms with Crippen LogP contribution in [0.4, 0.5) is 24.5 Å². The highest BCUT2D eigenvalue weighted by Crippen LogP contribution is 2.44. The molecule has 17 heteroatoms. The Morgan fingerprint density at radius 1 is 0.903 bits per heavy atom. The summed E-state index contributed by atoms with van der Waals surface area (Å²) < 4.78 is 88.8.